The first kappa shape index (κ1) is 17.6. The smallest absolute Gasteiger partial charge is 0.0889 e. The van der Waals surface area contributed by atoms with Crippen LogP contribution in [0.2, 0.25) is 0 Å². The zero-order chi connectivity index (χ0) is 17.7. The van der Waals surface area contributed by atoms with E-state index in [0.717, 1.165) is 38.4 Å². The summed E-state index contributed by atoms with van der Waals surface area (Å²) in [4.78, 5) is 11.0. The van der Waals surface area contributed by atoms with Crippen LogP contribution in [-0.2, 0) is 22.6 Å². The van der Waals surface area contributed by atoms with Crippen LogP contribution in [0.15, 0.2) is 48.9 Å². The summed E-state index contributed by atoms with van der Waals surface area (Å²) in [7, 11) is 0. The maximum absolute atomic E-state index is 6.06. The van der Waals surface area contributed by atoms with E-state index in [-0.39, 0.29) is 6.10 Å². The molecule has 4 heterocycles. The van der Waals surface area contributed by atoms with Gasteiger partial charge in [0.1, 0.15) is 0 Å². The molecule has 1 atom stereocenters. The van der Waals surface area contributed by atoms with E-state index in [9.17, 15) is 0 Å². The Kier molecular flexibility index (Phi) is 5.58. The van der Waals surface area contributed by atoms with Crippen molar-refractivity contribution in [1.82, 2.24) is 14.9 Å². The van der Waals surface area contributed by atoms with E-state index < -0.39 is 0 Å². The molecule has 2 fully saturated rings. The van der Waals surface area contributed by atoms with E-state index in [2.05, 4.69) is 20.9 Å². The van der Waals surface area contributed by atoms with Gasteiger partial charge in [-0.05, 0) is 61.5 Å². The Labute approximate surface area is 155 Å². The molecular formula is C21H27N3O2. The molecule has 0 saturated carbocycles. The Morgan fingerprint density at radius 2 is 2.08 bits per heavy atom. The lowest BCUT2D eigenvalue weighted by Crippen LogP contribution is -2.40. The quantitative estimate of drug-likeness (QED) is 0.799. The Morgan fingerprint density at radius 3 is 2.85 bits per heavy atom. The summed E-state index contributed by atoms with van der Waals surface area (Å²) in [6.45, 7) is 5.39. The minimum Gasteiger partial charge on any atom is -0.375 e. The van der Waals surface area contributed by atoms with E-state index in [4.69, 9.17) is 9.47 Å². The molecule has 26 heavy (non-hydrogen) atoms. The fraction of sp³-hybridized carbons (Fsp3) is 0.524. The lowest BCUT2D eigenvalue weighted by Gasteiger charge is -2.38. The molecule has 0 amide bonds. The molecule has 2 aliphatic rings. The normalized spacial score (nSPS) is 22.7. The molecular weight excluding hydrogens is 326 g/mol. The molecule has 4 rings (SSSR count). The third-order valence-electron chi connectivity index (χ3n) is 5.61. The third kappa shape index (κ3) is 4.47. The van der Waals surface area contributed by atoms with Gasteiger partial charge in [-0.15, -0.1) is 0 Å². The van der Waals surface area contributed by atoms with Crippen LogP contribution in [0.1, 0.15) is 30.5 Å². The fourth-order valence-electron chi connectivity index (χ4n) is 4.06. The Morgan fingerprint density at radius 1 is 1.15 bits per heavy atom. The van der Waals surface area contributed by atoms with Crippen molar-refractivity contribution in [2.45, 2.75) is 38.5 Å². The molecule has 138 valence electrons. The second-order valence-electron chi connectivity index (χ2n) is 7.61. The van der Waals surface area contributed by atoms with Crippen LogP contribution in [0.25, 0.3) is 0 Å². The number of hydrogen-bond acceptors (Lipinski definition) is 5. The average Bonchev–Trinajstić information content (AvgIpc) is 3.08. The van der Waals surface area contributed by atoms with Gasteiger partial charge < -0.3 is 9.47 Å². The molecule has 0 radical (unpaired) electrons. The molecule has 2 aromatic heterocycles. The second kappa shape index (κ2) is 8.25. The predicted octanol–water partition coefficient (Wildman–Crippen LogP) is 3.06. The summed E-state index contributed by atoms with van der Waals surface area (Å²) >= 11 is 0. The van der Waals surface area contributed by atoms with Gasteiger partial charge in [-0.2, -0.15) is 0 Å². The Hall–Kier alpha value is -1.82. The molecule has 1 spiro atoms. The zero-order valence-corrected chi connectivity index (χ0v) is 15.2. The number of hydrogen-bond donors (Lipinski definition) is 0. The highest BCUT2D eigenvalue weighted by Gasteiger charge is 2.42. The van der Waals surface area contributed by atoms with Crippen molar-refractivity contribution in [3.05, 3.63) is 60.2 Å². The van der Waals surface area contributed by atoms with Crippen LogP contribution in [0.3, 0.4) is 0 Å². The Bertz CT molecular complexity index is 672. The van der Waals surface area contributed by atoms with E-state index in [1.54, 1.807) is 6.20 Å². The average molecular weight is 353 g/mol. The number of rotatable bonds is 6. The van der Waals surface area contributed by atoms with Crippen LogP contribution in [-0.4, -0.2) is 47.3 Å². The maximum Gasteiger partial charge on any atom is 0.0889 e. The first-order chi connectivity index (χ1) is 12.8. The summed E-state index contributed by atoms with van der Waals surface area (Å²) in [6.07, 6.45) is 9.38. The SMILES string of the molecule is c1ccc(COC[C@H]2CC3(CCN(Cc4cccnc4)CC3)CO2)nc1. The van der Waals surface area contributed by atoms with Crippen molar-refractivity contribution in [2.24, 2.45) is 5.41 Å². The lowest BCUT2D eigenvalue weighted by atomic mass is 9.76. The molecule has 0 aliphatic carbocycles. The van der Waals surface area contributed by atoms with E-state index in [1.807, 2.05) is 36.7 Å². The van der Waals surface area contributed by atoms with Gasteiger partial charge in [0.2, 0.25) is 0 Å². The number of pyridine rings is 2. The number of likely N-dealkylation sites (tertiary alicyclic amines) is 1. The second-order valence-corrected chi connectivity index (χ2v) is 7.61. The third-order valence-corrected chi connectivity index (χ3v) is 5.61. The van der Waals surface area contributed by atoms with Gasteiger partial charge in [-0.25, -0.2) is 0 Å². The monoisotopic (exact) mass is 353 g/mol. The topological polar surface area (TPSA) is 47.5 Å². The minimum atomic E-state index is 0.226. The van der Waals surface area contributed by atoms with Crippen molar-refractivity contribution < 1.29 is 9.47 Å². The van der Waals surface area contributed by atoms with Crippen molar-refractivity contribution in [2.75, 3.05) is 26.3 Å². The van der Waals surface area contributed by atoms with Gasteiger partial charge in [0, 0.05) is 25.1 Å². The highest BCUT2D eigenvalue weighted by molar-refractivity contribution is 5.08. The molecule has 2 saturated heterocycles. The largest absolute Gasteiger partial charge is 0.375 e. The fourth-order valence-corrected chi connectivity index (χ4v) is 4.06. The van der Waals surface area contributed by atoms with Crippen LogP contribution < -0.4 is 0 Å². The number of piperidine rings is 1. The highest BCUT2D eigenvalue weighted by atomic mass is 16.5. The van der Waals surface area contributed by atoms with E-state index in [1.165, 1.54) is 18.4 Å². The first-order valence-corrected chi connectivity index (χ1v) is 9.52. The van der Waals surface area contributed by atoms with Crippen LogP contribution in [0.5, 0.6) is 0 Å². The van der Waals surface area contributed by atoms with Crippen molar-refractivity contribution in [3.8, 4) is 0 Å². The van der Waals surface area contributed by atoms with Crippen molar-refractivity contribution in [1.29, 1.82) is 0 Å². The predicted molar refractivity (Wildman–Crippen MR) is 99.4 cm³/mol. The van der Waals surface area contributed by atoms with Crippen LogP contribution >= 0.6 is 0 Å². The van der Waals surface area contributed by atoms with Gasteiger partial charge in [-0.1, -0.05) is 12.1 Å². The lowest BCUT2D eigenvalue weighted by molar-refractivity contribution is 0.00554. The molecule has 0 aromatic carbocycles. The minimum absolute atomic E-state index is 0.226. The highest BCUT2D eigenvalue weighted by Crippen LogP contribution is 2.42. The molecule has 0 N–H and O–H groups in total. The summed E-state index contributed by atoms with van der Waals surface area (Å²) in [5.74, 6) is 0. The molecule has 0 bridgehead atoms. The van der Waals surface area contributed by atoms with Crippen LogP contribution in [0.4, 0.5) is 0 Å². The van der Waals surface area contributed by atoms with E-state index >= 15 is 0 Å². The summed E-state index contributed by atoms with van der Waals surface area (Å²) in [6, 6.07) is 10.1. The van der Waals surface area contributed by atoms with E-state index in [0.29, 0.717) is 18.6 Å². The molecule has 2 aliphatic heterocycles. The first-order valence-electron chi connectivity index (χ1n) is 9.52. The zero-order valence-electron chi connectivity index (χ0n) is 15.2. The van der Waals surface area contributed by atoms with Crippen molar-refractivity contribution >= 4 is 0 Å². The van der Waals surface area contributed by atoms with Gasteiger partial charge in [0.15, 0.2) is 0 Å². The number of ether oxygens (including phenoxy) is 2. The molecule has 2 aromatic rings. The maximum atomic E-state index is 6.06. The Balaban J connectivity index is 1.20. The molecule has 0 unspecified atom stereocenters. The summed E-state index contributed by atoms with van der Waals surface area (Å²) in [5, 5.41) is 0. The van der Waals surface area contributed by atoms with Crippen molar-refractivity contribution in [3.63, 3.8) is 0 Å². The summed E-state index contributed by atoms with van der Waals surface area (Å²) in [5.41, 5.74) is 2.63. The van der Waals surface area contributed by atoms with Gasteiger partial charge in [-0.3, -0.25) is 14.9 Å². The van der Waals surface area contributed by atoms with Crippen LogP contribution in [0, 0.1) is 5.41 Å². The van der Waals surface area contributed by atoms with Gasteiger partial charge >= 0.3 is 0 Å². The van der Waals surface area contributed by atoms with Gasteiger partial charge in [0.25, 0.3) is 0 Å². The molecule has 5 heteroatoms. The van der Waals surface area contributed by atoms with Gasteiger partial charge in [0.05, 0.1) is 31.6 Å². The number of aromatic nitrogens is 2. The summed E-state index contributed by atoms with van der Waals surface area (Å²) < 4.78 is 11.9. The molecule has 5 nitrogen and oxygen atoms in total. The standard InChI is InChI=1S/C21H27N3O2/c1-2-9-23-19(5-1)15-25-16-20-12-21(17-26-20)6-10-24(11-7-21)14-18-4-3-8-22-13-18/h1-5,8-9,13,20H,6-7,10-12,14-17H2/t20-/m1/s1. The number of nitrogens with zero attached hydrogens (tertiary/aromatic N) is 3.